The van der Waals surface area contributed by atoms with Gasteiger partial charge < -0.3 is 9.80 Å². The lowest BCUT2D eigenvalue weighted by atomic mass is 9.61. The molecule has 4 heteroatoms. The van der Waals surface area contributed by atoms with Crippen LogP contribution in [-0.2, 0) is 5.41 Å². The average Bonchev–Trinajstić information content (AvgIpc) is 3.67. The molecular weight excluding hydrogens is 727 g/mol. The highest BCUT2D eigenvalue weighted by Gasteiger charge is 2.62. The normalized spacial score (nSPS) is 27.8. The molecule has 7 aliphatic carbocycles. The number of para-hydroxylation sites is 2. The SMILES string of the molecule is CC12C3=C(CC4C(=C3N(c3ccccc3)c3cccc(F)c31)C1C=CCCC1C4(C)C)C1=C2c2ccc(N(C3=C(F)CCC=C3)c3ccccc3)cc2C2CCC=C=C12. The Kier molecular flexibility index (Phi) is 7.56. The fourth-order valence-corrected chi connectivity index (χ4v) is 13.1. The second-order valence-electron chi connectivity index (χ2n) is 18.6. The molecule has 4 aromatic rings. The Hall–Kier alpha value is -5.70. The second kappa shape index (κ2) is 12.7. The number of nitrogens with zero attached hydrogens (tertiary/aromatic N) is 2. The van der Waals surface area contributed by atoms with E-state index < -0.39 is 5.41 Å². The molecule has 12 rings (SSSR count). The molecule has 0 radical (unpaired) electrons. The summed E-state index contributed by atoms with van der Waals surface area (Å²) in [6.07, 6.45) is 17.4. The van der Waals surface area contributed by atoms with Gasteiger partial charge in [-0.25, -0.2) is 8.78 Å². The summed E-state index contributed by atoms with van der Waals surface area (Å²) in [5, 5.41) is 0. The van der Waals surface area contributed by atoms with Crippen LogP contribution in [0.15, 0.2) is 178 Å². The molecule has 0 amide bonds. The minimum Gasteiger partial charge on any atom is -0.310 e. The third-order valence-electron chi connectivity index (χ3n) is 15.5. The zero-order valence-corrected chi connectivity index (χ0v) is 34.0. The molecule has 0 N–H and O–H groups in total. The van der Waals surface area contributed by atoms with Gasteiger partial charge in [-0.2, -0.15) is 0 Å². The number of fused-ring (bicyclic) bond motifs is 12. The summed E-state index contributed by atoms with van der Waals surface area (Å²) >= 11 is 0. The van der Waals surface area contributed by atoms with Crippen LogP contribution in [0.2, 0.25) is 0 Å². The van der Waals surface area contributed by atoms with E-state index >= 15 is 8.78 Å². The molecule has 4 aromatic carbocycles. The predicted molar refractivity (Wildman–Crippen MR) is 236 cm³/mol. The molecule has 5 unspecified atom stereocenters. The van der Waals surface area contributed by atoms with Crippen molar-refractivity contribution in [3.63, 3.8) is 0 Å². The third-order valence-corrected chi connectivity index (χ3v) is 15.5. The van der Waals surface area contributed by atoms with Crippen LogP contribution in [0.1, 0.15) is 88.3 Å². The van der Waals surface area contributed by atoms with Crippen LogP contribution in [0.25, 0.3) is 5.57 Å². The van der Waals surface area contributed by atoms with Crippen LogP contribution in [0.3, 0.4) is 0 Å². The molecule has 8 aliphatic rings. The van der Waals surface area contributed by atoms with Crippen LogP contribution in [0, 0.1) is 29.0 Å². The Morgan fingerprint density at radius 1 is 0.797 bits per heavy atom. The highest BCUT2D eigenvalue weighted by Crippen LogP contribution is 2.73. The monoisotopic (exact) mass is 774 g/mol. The van der Waals surface area contributed by atoms with Gasteiger partial charge in [-0.15, -0.1) is 5.73 Å². The number of halogens is 2. The van der Waals surface area contributed by atoms with E-state index in [1.165, 1.54) is 56.7 Å². The molecule has 2 nitrogen and oxygen atoms in total. The molecule has 1 heterocycles. The highest BCUT2D eigenvalue weighted by atomic mass is 19.1. The maximum atomic E-state index is 17.4. The number of hydrogen-bond acceptors (Lipinski definition) is 2. The van der Waals surface area contributed by atoms with Crippen LogP contribution < -0.4 is 9.80 Å². The van der Waals surface area contributed by atoms with Gasteiger partial charge in [-0.1, -0.05) is 80.6 Å². The lowest BCUT2D eigenvalue weighted by Gasteiger charge is -2.49. The van der Waals surface area contributed by atoms with E-state index in [9.17, 15) is 0 Å². The molecule has 1 saturated carbocycles. The van der Waals surface area contributed by atoms with Crippen molar-refractivity contribution < 1.29 is 8.78 Å². The van der Waals surface area contributed by atoms with Gasteiger partial charge in [-0.05, 0) is 162 Å². The van der Waals surface area contributed by atoms with Crippen molar-refractivity contribution in [1.82, 2.24) is 0 Å². The first-order valence-corrected chi connectivity index (χ1v) is 21.8. The quantitative estimate of drug-likeness (QED) is 0.150. The Morgan fingerprint density at radius 3 is 2.42 bits per heavy atom. The van der Waals surface area contributed by atoms with Crippen molar-refractivity contribution in [2.45, 2.75) is 77.0 Å². The van der Waals surface area contributed by atoms with Crippen molar-refractivity contribution in [2.24, 2.45) is 23.2 Å². The summed E-state index contributed by atoms with van der Waals surface area (Å²) in [6, 6.07) is 33.4. The summed E-state index contributed by atoms with van der Waals surface area (Å²) in [4.78, 5) is 4.53. The maximum absolute atomic E-state index is 17.4. The van der Waals surface area contributed by atoms with E-state index in [1.54, 1.807) is 6.07 Å². The van der Waals surface area contributed by atoms with Gasteiger partial charge >= 0.3 is 0 Å². The molecule has 0 saturated heterocycles. The van der Waals surface area contributed by atoms with Crippen molar-refractivity contribution >= 4 is 28.3 Å². The van der Waals surface area contributed by atoms with Gasteiger partial charge in [0.2, 0.25) is 0 Å². The fourth-order valence-electron chi connectivity index (χ4n) is 13.1. The summed E-state index contributed by atoms with van der Waals surface area (Å²) in [5.41, 5.74) is 20.1. The maximum Gasteiger partial charge on any atom is 0.129 e. The minimum absolute atomic E-state index is 0.0800. The Labute approximate surface area is 346 Å². The fraction of sp³-hybridized carbons (Fsp3) is 0.291. The summed E-state index contributed by atoms with van der Waals surface area (Å²) < 4.78 is 33.3. The lowest BCUT2D eigenvalue weighted by Crippen LogP contribution is -2.41. The Bertz CT molecular complexity index is 2770. The first-order chi connectivity index (χ1) is 28.8. The molecule has 0 aromatic heterocycles. The molecule has 1 aliphatic heterocycles. The van der Waals surface area contributed by atoms with Crippen LogP contribution >= 0.6 is 0 Å². The van der Waals surface area contributed by atoms with Crippen molar-refractivity contribution in [1.29, 1.82) is 0 Å². The Balaban J connectivity index is 1.16. The molecule has 0 spiro atoms. The second-order valence-corrected chi connectivity index (χ2v) is 18.6. The summed E-state index contributed by atoms with van der Waals surface area (Å²) in [5.74, 6) is 1.07. The van der Waals surface area contributed by atoms with Crippen LogP contribution in [-0.4, -0.2) is 0 Å². The van der Waals surface area contributed by atoms with Gasteiger partial charge in [-0.3, -0.25) is 0 Å². The largest absolute Gasteiger partial charge is 0.310 e. The lowest BCUT2D eigenvalue weighted by molar-refractivity contribution is 0.166. The number of hydrogen-bond donors (Lipinski definition) is 0. The smallest absolute Gasteiger partial charge is 0.129 e. The van der Waals surface area contributed by atoms with Crippen LogP contribution in [0.4, 0.5) is 31.5 Å². The molecule has 1 fully saturated rings. The average molecular weight is 775 g/mol. The standard InChI is InChI=1S/C55H48F2N2/c1-54(2)42-24-13-12-23-39(42)49-43(54)32-41-48-37-22-11-10-21-36(37)40-31-35(58(33-17-6-4-7-18-33)46-27-15-14-25-44(46)56)29-30-38(40)50(48)55(3)51(41)53(49)59(34-19-8-5-9-20-34)47-28-16-26-45(57)52(47)55/h4-9,11-12,15-20,23,26-31,36,39,42-43H,10,13-14,21,24-25,32H2,1-3H3. The van der Waals surface area contributed by atoms with Gasteiger partial charge in [0.15, 0.2) is 0 Å². The number of anilines is 4. The summed E-state index contributed by atoms with van der Waals surface area (Å²) in [7, 11) is 0. The van der Waals surface area contributed by atoms with Gasteiger partial charge in [0.05, 0.1) is 22.5 Å². The number of allylic oxidation sites excluding steroid dienone is 11. The van der Waals surface area contributed by atoms with E-state index in [0.29, 0.717) is 36.3 Å². The van der Waals surface area contributed by atoms with E-state index in [4.69, 9.17) is 0 Å². The van der Waals surface area contributed by atoms with Crippen molar-refractivity contribution in [3.05, 3.63) is 201 Å². The van der Waals surface area contributed by atoms with Crippen molar-refractivity contribution in [2.75, 3.05) is 9.80 Å². The molecule has 59 heavy (non-hydrogen) atoms. The first-order valence-electron chi connectivity index (χ1n) is 21.8. The Morgan fingerprint density at radius 2 is 1.61 bits per heavy atom. The zero-order chi connectivity index (χ0) is 39.8. The van der Waals surface area contributed by atoms with Crippen molar-refractivity contribution in [3.8, 4) is 0 Å². The molecule has 292 valence electrons. The number of benzene rings is 4. The molecule has 5 atom stereocenters. The molecular formula is C55H48F2N2. The van der Waals surface area contributed by atoms with Gasteiger partial charge in [0, 0.05) is 46.5 Å². The predicted octanol–water partition coefficient (Wildman–Crippen LogP) is 14.5. The van der Waals surface area contributed by atoms with Gasteiger partial charge in [0.1, 0.15) is 11.6 Å². The highest BCUT2D eigenvalue weighted by molar-refractivity contribution is 6.02. The topological polar surface area (TPSA) is 6.48 Å². The van der Waals surface area contributed by atoms with E-state index in [0.717, 1.165) is 54.0 Å². The minimum atomic E-state index is -0.766. The first kappa shape index (κ1) is 35.3. The number of rotatable bonds is 4. The van der Waals surface area contributed by atoms with Crippen LogP contribution in [0.5, 0.6) is 0 Å². The third kappa shape index (κ3) is 4.67. The zero-order valence-electron chi connectivity index (χ0n) is 34.0. The summed E-state index contributed by atoms with van der Waals surface area (Å²) in [6.45, 7) is 7.39. The van der Waals surface area contributed by atoms with E-state index in [2.05, 4.69) is 127 Å². The van der Waals surface area contributed by atoms with E-state index in [-0.39, 0.29) is 23.0 Å². The van der Waals surface area contributed by atoms with E-state index in [1.807, 2.05) is 30.3 Å². The van der Waals surface area contributed by atoms with Gasteiger partial charge in [0.25, 0.3) is 0 Å². The molecule has 0 bridgehead atoms.